The number of benzene rings is 1. The van der Waals surface area contributed by atoms with Crippen molar-refractivity contribution in [1.29, 1.82) is 0 Å². The van der Waals surface area contributed by atoms with Gasteiger partial charge in [-0.15, -0.1) is 0 Å². The lowest BCUT2D eigenvalue weighted by Crippen LogP contribution is -2.34. The Bertz CT molecular complexity index is 431. The maximum atomic E-state index is 11.6. The van der Waals surface area contributed by atoms with Gasteiger partial charge in [-0.2, -0.15) is 0 Å². The van der Waals surface area contributed by atoms with Gasteiger partial charge in [0.1, 0.15) is 0 Å². The topological polar surface area (TPSA) is 104 Å². The lowest BCUT2D eigenvalue weighted by atomic mass is 10.1. The van der Waals surface area contributed by atoms with Gasteiger partial charge in [-0.1, -0.05) is 6.92 Å². The molecule has 2 amide bonds. The van der Waals surface area contributed by atoms with Crippen LogP contribution in [0.2, 0.25) is 0 Å². The fourth-order valence-electron chi connectivity index (χ4n) is 1.40. The van der Waals surface area contributed by atoms with Crippen LogP contribution in [0.3, 0.4) is 0 Å². The Morgan fingerprint density at radius 1 is 1.32 bits per heavy atom. The van der Waals surface area contributed by atoms with Gasteiger partial charge < -0.3 is 21.5 Å². The molecular formula is C13H19N3O3. The van der Waals surface area contributed by atoms with Gasteiger partial charge in [0.25, 0.3) is 5.91 Å². The SMILES string of the molecule is CCC(N)C(=O)Nc1ccc(C(=O)NCCO)cc1. The van der Waals surface area contributed by atoms with Crippen molar-refractivity contribution in [2.24, 2.45) is 5.73 Å². The highest BCUT2D eigenvalue weighted by molar-refractivity contribution is 5.97. The van der Waals surface area contributed by atoms with Crippen LogP contribution in [0.1, 0.15) is 23.7 Å². The normalized spacial score (nSPS) is 11.7. The molecule has 1 unspecified atom stereocenters. The van der Waals surface area contributed by atoms with Crippen LogP contribution in [0.4, 0.5) is 5.69 Å². The third-order valence-corrected chi connectivity index (χ3v) is 2.59. The van der Waals surface area contributed by atoms with E-state index in [2.05, 4.69) is 10.6 Å². The molecule has 0 aliphatic heterocycles. The molecule has 0 aliphatic carbocycles. The summed E-state index contributed by atoms with van der Waals surface area (Å²) in [6.07, 6.45) is 0.563. The maximum absolute atomic E-state index is 11.6. The molecule has 104 valence electrons. The largest absolute Gasteiger partial charge is 0.395 e. The van der Waals surface area contributed by atoms with Crippen molar-refractivity contribution in [2.75, 3.05) is 18.5 Å². The molecule has 0 spiro atoms. The lowest BCUT2D eigenvalue weighted by Gasteiger charge is -2.10. The highest BCUT2D eigenvalue weighted by Crippen LogP contribution is 2.10. The van der Waals surface area contributed by atoms with Crippen molar-refractivity contribution in [3.8, 4) is 0 Å². The number of carbonyl (C=O) groups excluding carboxylic acids is 2. The molecule has 19 heavy (non-hydrogen) atoms. The maximum Gasteiger partial charge on any atom is 0.251 e. The van der Waals surface area contributed by atoms with Crippen molar-refractivity contribution in [1.82, 2.24) is 5.32 Å². The summed E-state index contributed by atoms with van der Waals surface area (Å²) < 4.78 is 0. The average molecular weight is 265 g/mol. The zero-order chi connectivity index (χ0) is 14.3. The second-order valence-corrected chi connectivity index (χ2v) is 4.06. The highest BCUT2D eigenvalue weighted by Gasteiger charge is 2.11. The molecule has 1 aromatic rings. The van der Waals surface area contributed by atoms with E-state index in [9.17, 15) is 9.59 Å². The van der Waals surface area contributed by atoms with Gasteiger partial charge >= 0.3 is 0 Å². The number of hydrogen-bond acceptors (Lipinski definition) is 4. The molecule has 0 aromatic heterocycles. The van der Waals surface area contributed by atoms with Gasteiger partial charge in [0.2, 0.25) is 5.91 Å². The van der Waals surface area contributed by atoms with E-state index >= 15 is 0 Å². The molecule has 6 nitrogen and oxygen atoms in total. The first kappa shape index (κ1) is 15.1. The molecule has 5 N–H and O–H groups in total. The average Bonchev–Trinajstić information content (AvgIpc) is 2.44. The predicted octanol–water partition coefficient (Wildman–Crippen LogP) is 0.0845. The van der Waals surface area contributed by atoms with E-state index in [0.717, 1.165) is 0 Å². The molecule has 0 saturated heterocycles. The van der Waals surface area contributed by atoms with Gasteiger partial charge in [-0.05, 0) is 30.7 Å². The quantitative estimate of drug-likeness (QED) is 0.585. The van der Waals surface area contributed by atoms with E-state index in [0.29, 0.717) is 17.7 Å². The Labute approximate surface area is 112 Å². The van der Waals surface area contributed by atoms with E-state index in [1.165, 1.54) is 0 Å². The first-order chi connectivity index (χ1) is 9.08. The number of carbonyl (C=O) groups is 2. The minimum absolute atomic E-state index is 0.102. The van der Waals surface area contributed by atoms with Crippen molar-refractivity contribution < 1.29 is 14.7 Å². The molecule has 0 heterocycles. The van der Waals surface area contributed by atoms with Gasteiger partial charge in [0.05, 0.1) is 12.6 Å². The van der Waals surface area contributed by atoms with Crippen molar-refractivity contribution in [2.45, 2.75) is 19.4 Å². The number of amides is 2. The molecule has 1 rings (SSSR count). The van der Waals surface area contributed by atoms with Crippen molar-refractivity contribution in [3.05, 3.63) is 29.8 Å². The van der Waals surface area contributed by atoms with Crippen molar-refractivity contribution >= 4 is 17.5 Å². The highest BCUT2D eigenvalue weighted by atomic mass is 16.3. The summed E-state index contributed by atoms with van der Waals surface area (Å²) in [7, 11) is 0. The number of hydrogen-bond donors (Lipinski definition) is 4. The van der Waals surface area contributed by atoms with Crippen LogP contribution < -0.4 is 16.4 Å². The molecule has 0 radical (unpaired) electrons. The van der Waals surface area contributed by atoms with E-state index in [1.54, 1.807) is 24.3 Å². The molecule has 1 atom stereocenters. The van der Waals surface area contributed by atoms with Crippen LogP contribution in [0.15, 0.2) is 24.3 Å². The lowest BCUT2D eigenvalue weighted by molar-refractivity contribution is -0.117. The van der Waals surface area contributed by atoms with E-state index in [-0.39, 0.29) is 25.0 Å². The van der Waals surface area contributed by atoms with E-state index < -0.39 is 6.04 Å². The van der Waals surface area contributed by atoms with Gasteiger partial charge in [-0.3, -0.25) is 9.59 Å². The Hall–Kier alpha value is -1.92. The Morgan fingerprint density at radius 3 is 2.47 bits per heavy atom. The molecule has 1 aromatic carbocycles. The standard InChI is InChI=1S/C13H19N3O3/c1-2-11(14)13(19)16-10-5-3-9(4-6-10)12(18)15-7-8-17/h3-6,11,17H,2,7-8,14H2,1H3,(H,15,18)(H,16,19). The number of aliphatic hydroxyl groups is 1. The van der Waals surface area contributed by atoms with E-state index in [4.69, 9.17) is 10.8 Å². The van der Waals surface area contributed by atoms with Crippen LogP contribution in [-0.2, 0) is 4.79 Å². The summed E-state index contributed by atoms with van der Waals surface area (Å²) in [6, 6.07) is 5.93. The first-order valence-electron chi connectivity index (χ1n) is 6.14. The van der Waals surface area contributed by atoms with Crippen LogP contribution >= 0.6 is 0 Å². The molecule has 0 fully saturated rings. The number of aliphatic hydroxyl groups excluding tert-OH is 1. The van der Waals surface area contributed by atoms with Gasteiger partial charge in [0.15, 0.2) is 0 Å². The Balaban J connectivity index is 2.61. The summed E-state index contributed by atoms with van der Waals surface area (Å²) in [5.41, 5.74) is 6.65. The fourth-order valence-corrected chi connectivity index (χ4v) is 1.40. The first-order valence-corrected chi connectivity index (χ1v) is 6.14. The smallest absolute Gasteiger partial charge is 0.251 e. The van der Waals surface area contributed by atoms with Crippen LogP contribution in [-0.4, -0.2) is 36.1 Å². The molecule has 0 aliphatic rings. The number of anilines is 1. The molecule has 6 heteroatoms. The monoisotopic (exact) mass is 265 g/mol. The number of nitrogens with one attached hydrogen (secondary N) is 2. The second-order valence-electron chi connectivity index (χ2n) is 4.06. The van der Waals surface area contributed by atoms with Crippen LogP contribution in [0.25, 0.3) is 0 Å². The fraction of sp³-hybridized carbons (Fsp3) is 0.385. The number of nitrogens with two attached hydrogens (primary N) is 1. The molecular weight excluding hydrogens is 246 g/mol. The summed E-state index contributed by atoms with van der Waals surface area (Å²) in [5.74, 6) is -0.517. The third-order valence-electron chi connectivity index (χ3n) is 2.59. The molecule has 0 bridgehead atoms. The zero-order valence-electron chi connectivity index (χ0n) is 10.8. The zero-order valence-corrected chi connectivity index (χ0v) is 10.8. The summed E-state index contributed by atoms with van der Waals surface area (Å²) in [4.78, 5) is 23.1. The molecule has 0 saturated carbocycles. The second kappa shape index (κ2) is 7.50. The Morgan fingerprint density at radius 2 is 1.95 bits per heavy atom. The minimum atomic E-state index is -0.535. The van der Waals surface area contributed by atoms with Crippen LogP contribution in [0, 0.1) is 0 Å². The summed E-state index contributed by atoms with van der Waals surface area (Å²) in [5, 5.41) is 13.8. The Kier molecular flexibility index (Phi) is 5.98. The summed E-state index contributed by atoms with van der Waals surface area (Å²) in [6.45, 7) is 1.94. The van der Waals surface area contributed by atoms with Crippen molar-refractivity contribution in [3.63, 3.8) is 0 Å². The minimum Gasteiger partial charge on any atom is -0.395 e. The van der Waals surface area contributed by atoms with E-state index in [1.807, 2.05) is 6.92 Å². The summed E-state index contributed by atoms with van der Waals surface area (Å²) >= 11 is 0. The van der Waals surface area contributed by atoms with Crippen LogP contribution in [0.5, 0.6) is 0 Å². The predicted molar refractivity (Wildman–Crippen MR) is 72.8 cm³/mol. The third kappa shape index (κ3) is 4.69. The van der Waals surface area contributed by atoms with Gasteiger partial charge in [0, 0.05) is 17.8 Å². The number of rotatable bonds is 6. The van der Waals surface area contributed by atoms with Gasteiger partial charge in [-0.25, -0.2) is 0 Å².